The highest BCUT2D eigenvalue weighted by molar-refractivity contribution is 9.10. The first-order chi connectivity index (χ1) is 8.54. The third-order valence-electron chi connectivity index (χ3n) is 2.58. The van der Waals surface area contributed by atoms with Crippen LogP contribution in [0.5, 0.6) is 0 Å². The predicted octanol–water partition coefficient (Wildman–Crippen LogP) is 2.77. The first kappa shape index (κ1) is 15.1. The minimum absolute atomic E-state index is 0.00530. The van der Waals surface area contributed by atoms with Crippen LogP contribution in [0, 0.1) is 5.82 Å². The van der Waals surface area contributed by atoms with Gasteiger partial charge in [0.2, 0.25) is 5.91 Å². The molecule has 18 heavy (non-hydrogen) atoms. The molecule has 0 heterocycles. The van der Waals surface area contributed by atoms with Gasteiger partial charge in [-0.05, 0) is 47.0 Å². The number of nitrogens with one attached hydrogen (secondary N) is 2. The summed E-state index contributed by atoms with van der Waals surface area (Å²) >= 11 is 3.15. The maximum absolute atomic E-state index is 13.1. The molecule has 0 saturated heterocycles. The molecule has 0 aliphatic heterocycles. The number of hydrogen-bond donors (Lipinski definition) is 2. The number of hydrogen-bond acceptors (Lipinski definition) is 2. The van der Waals surface area contributed by atoms with Gasteiger partial charge in [0, 0.05) is 12.6 Å². The maximum atomic E-state index is 13.1. The van der Waals surface area contributed by atoms with Gasteiger partial charge in [0.1, 0.15) is 5.82 Å². The molecule has 100 valence electrons. The lowest BCUT2D eigenvalue weighted by Gasteiger charge is -2.14. The quantitative estimate of drug-likeness (QED) is 0.847. The second kappa shape index (κ2) is 7.48. The second-order valence-corrected chi connectivity index (χ2v) is 4.98. The molecular weight excluding hydrogens is 299 g/mol. The summed E-state index contributed by atoms with van der Waals surface area (Å²) < 4.78 is 13.5. The summed E-state index contributed by atoms with van der Waals surface area (Å²) in [5.41, 5.74) is 0.937. The molecule has 0 bridgehead atoms. The average Bonchev–Trinajstić information content (AvgIpc) is 2.36. The number of carbonyl (C=O) groups is 1. The Morgan fingerprint density at radius 3 is 2.83 bits per heavy atom. The van der Waals surface area contributed by atoms with E-state index < -0.39 is 0 Å². The summed E-state index contributed by atoms with van der Waals surface area (Å²) in [7, 11) is 0. The molecule has 3 nitrogen and oxygen atoms in total. The molecule has 0 fully saturated rings. The maximum Gasteiger partial charge on any atom is 0.233 e. The SMILES string of the molecule is CCCNC(=O)CNC(C)c1ccc(F)c(Br)c1. The van der Waals surface area contributed by atoms with Crippen molar-refractivity contribution in [2.24, 2.45) is 0 Å². The van der Waals surface area contributed by atoms with Crippen molar-refractivity contribution in [3.05, 3.63) is 34.1 Å². The Kier molecular flexibility index (Phi) is 6.29. The minimum atomic E-state index is -0.286. The van der Waals surface area contributed by atoms with Crippen molar-refractivity contribution in [1.29, 1.82) is 0 Å². The van der Waals surface area contributed by atoms with Gasteiger partial charge in [-0.25, -0.2) is 4.39 Å². The number of halogens is 2. The molecule has 2 N–H and O–H groups in total. The standard InChI is InChI=1S/C13H18BrFN2O/c1-3-6-16-13(18)8-17-9(2)10-4-5-12(15)11(14)7-10/h4-5,7,9,17H,3,6,8H2,1-2H3,(H,16,18). The number of rotatable bonds is 6. The zero-order valence-corrected chi connectivity index (χ0v) is 12.2. The molecule has 1 atom stereocenters. The van der Waals surface area contributed by atoms with Gasteiger partial charge in [-0.1, -0.05) is 13.0 Å². The first-order valence-electron chi connectivity index (χ1n) is 5.99. The lowest BCUT2D eigenvalue weighted by Crippen LogP contribution is -2.35. The molecule has 0 aromatic heterocycles. The van der Waals surface area contributed by atoms with Crippen molar-refractivity contribution in [1.82, 2.24) is 10.6 Å². The van der Waals surface area contributed by atoms with Gasteiger partial charge in [-0.3, -0.25) is 4.79 Å². The molecule has 0 spiro atoms. The van der Waals surface area contributed by atoms with Gasteiger partial charge in [0.25, 0.3) is 0 Å². The van der Waals surface area contributed by atoms with Crippen LogP contribution in [0.15, 0.2) is 22.7 Å². The van der Waals surface area contributed by atoms with Crippen molar-refractivity contribution in [2.45, 2.75) is 26.3 Å². The third kappa shape index (κ3) is 4.74. The van der Waals surface area contributed by atoms with E-state index >= 15 is 0 Å². The van der Waals surface area contributed by atoms with Crippen LogP contribution in [0.4, 0.5) is 4.39 Å². The van der Waals surface area contributed by atoms with E-state index in [9.17, 15) is 9.18 Å². The Labute approximate surface area is 115 Å². The number of carbonyl (C=O) groups excluding carboxylic acids is 1. The van der Waals surface area contributed by atoms with E-state index in [4.69, 9.17) is 0 Å². The van der Waals surface area contributed by atoms with Crippen LogP contribution in [0.25, 0.3) is 0 Å². The number of benzene rings is 1. The zero-order valence-electron chi connectivity index (χ0n) is 10.6. The van der Waals surface area contributed by atoms with E-state index in [0.29, 0.717) is 11.0 Å². The van der Waals surface area contributed by atoms with Crippen molar-refractivity contribution in [3.63, 3.8) is 0 Å². The fraction of sp³-hybridized carbons (Fsp3) is 0.462. The van der Waals surface area contributed by atoms with Gasteiger partial charge < -0.3 is 10.6 Å². The molecule has 1 amide bonds. The van der Waals surface area contributed by atoms with Gasteiger partial charge in [0.15, 0.2) is 0 Å². The van der Waals surface area contributed by atoms with E-state index in [1.807, 2.05) is 13.8 Å². The lowest BCUT2D eigenvalue weighted by atomic mass is 10.1. The van der Waals surface area contributed by atoms with Gasteiger partial charge in [-0.2, -0.15) is 0 Å². The Morgan fingerprint density at radius 2 is 2.22 bits per heavy atom. The smallest absolute Gasteiger partial charge is 0.233 e. The molecular formula is C13H18BrFN2O. The second-order valence-electron chi connectivity index (χ2n) is 4.13. The monoisotopic (exact) mass is 316 g/mol. The minimum Gasteiger partial charge on any atom is -0.355 e. The fourth-order valence-electron chi connectivity index (χ4n) is 1.47. The Hall–Kier alpha value is -0.940. The molecule has 1 aromatic carbocycles. The van der Waals surface area contributed by atoms with Crippen molar-refractivity contribution in [3.8, 4) is 0 Å². The van der Waals surface area contributed by atoms with Crippen molar-refractivity contribution in [2.75, 3.05) is 13.1 Å². The lowest BCUT2D eigenvalue weighted by molar-refractivity contribution is -0.120. The van der Waals surface area contributed by atoms with Crippen LogP contribution < -0.4 is 10.6 Å². The van der Waals surface area contributed by atoms with Gasteiger partial charge in [0.05, 0.1) is 11.0 Å². The topological polar surface area (TPSA) is 41.1 Å². The van der Waals surface area contributed by atoms with Crippen LogP contribution in [0.3, 0.4) is 0 Å². The third-order valence-corrected chi connectivity index (χ3v) is 3.19. The van der Waals surface area contributed by atoms with E-state index in [2.05, 4.69) is 26.6 Å². The number of amides is 1. The molecule has 0 aliphatic carbocycles. The molecule has 5 heteroatoms. The predicted molar refractivity (Wildman–Crippen MR) is 73.8 cm³/mol. The largest absolute Gasteiger partial charge is 0.355 e. The van der Waals surface area contributed by atoms with E-state index in [1.165, 1.54) is 6.07 Å². The fourth-order valence-corrected chi connectivity index (χ4v) is 1.87. The van der Waals surface area contributed by atoms with Crippen LogP contribution >= 0.6 is 15.9 Å². The Balaban J connectivity index is 2.47. The van der Waals surface area contributed by atoms with Crippen LogP contribution in [0.1, 0.15) is 31.9 Å². The van der Waals surface area contributed by atoms with E-state index in [0.717, 1.165) is 12.0 Å². The summed E-state index contributed by atoms with van der Waals surface area (Å²) in [5, 5.41) is 5.89. The molecule has 0 saturated carbocycles. The van der Waals surface area contributed by atoms with E-state index in [1.54, 1.807) is 12.1 Å². The Morgan fingerprint density at radius 1 is 1.50 bits per heavy atom. The molecule has 1 aromatic rings. The molecule has 0 aliphatic rings. The van der Waals surface area contributed by atoms with Crippen LogP contribution in [-0.4, -0.2) is 19.0 Å². The van der Waals surface area contributed by atoms with Crippen LogP contribution in [0.2, 0.25) is 0 Å². The Bertz CT molecular complexity index is 412. The molecule has 1 rings (SSSR count). The van der Waals surface area contributed by atoms with E-state index in [-0.39, 0.29) is 24.3 Å². The highest BCUT2D eigenvalue weighted by Crippen LogP contribution is 2.20. The normalized spacial score (nSPS) is 12.2. The first-order valence-corrected chi connectivity index (χ1v) is 6.79. The zero-order chi connectivity index (χ0) is 13.5. The average molecular weight is 317 g/mol. The highest BCUT2D eigenvalue weighted by atomic mass is 79.9. The summed E-state index contributed by atoms with van der Waals surface area (Å²) in [6.07, 6.45) is 0.923. The summed E-state index contributed by atoms with van der Waals surface area (Å²) in [6, 6.07) is 4.84. The highest BCUT2D eigenvalue weighted by Gasteiger charge is 2.09. The summed E-state index contributed by atoms with van der Waals surface area (Å²) in [5.74, 6) is -0.309. The van der Waals surface area contributed by atoms with Crippen LogP contribution in [-0.2, 0) is 4.79 Å². The van der Waals surface area contributed by atoms with Gasteiger partial charge in [-0.15, -0.1) is 0 Å². The van der Waals surface area contributed by atoms with Crippen molar-refractivity contribution >= 4 is 21.8 Å². The summed E-state index contributed by atoms with van der Waals surface area (Å²) in [4.78, 5) is 11.4. The summed E-state index contributed by atoms with van der Waals surface area (Å²) in [6.45, 7) is 4.90. The van der Waals surface area contributed by atoms with Gasteiger partial charge >= 0.3 is 0 Å². The molecule has 1 unspecified atom stereocenters. The van der Waals surface area contributed by atoms with Crippen molar-refractivity contribution < 1.29 is 9.18 Å². The molecule has 0 radical (unpaired) electrons.